The molecule has 9 nitrogen and oxygen atoms in total. The van der Waals surface area contributed by atoms with E-state index in [0.717, 1.165) is 12.1 Å². The van der Waals surface area contributed by atoms with Gasteiger partial charge in [0.05, 0.1) is 12.7 Å². The van der Waals surface area contributed by atoms with Gasteiger partial charge < -0.3 is 14.3 Å². The molecule has 0 aliphatic carbocycles. The van der Waals surface area contributed by atoms with E-state index in [-0.39, 0.29) is 11.5 Å². The van der Waals surface area contributed by atoms with E-state index < -0.39 is 28.9 Å². The van der Waals surface area contributed by atoms with Crippen molar-refractivity contribution in [3.8, 4) is 0 Å². The van der Waals surface area contributed by atoms with Gasteiger partial charge in [-0.2, -0.15) is 0 Å². The van der Waals surface area contributed by atoms with Crippen LogP contribution in [0.3, 0.4) is 0 Å². The number of carboxylic acid groups (broad SMARTS) is 1. The second-order valence-corrected chi connectivity index (χ2v) is 2.69. The van der Waals surface area contributed by atoms with Crippen LogP contribution in [0.1, 0.15) is 6.92 Å². The van der Waals surface area contributed by atoms with E-state index in [1.165, 1.54) is 6.92 Å². The third-order valence-corrected chi connectivity index (χ3v) is 1.62. The third kappa shape index (κ3) is 2.71. The number of hydrogen-bond acceptors (Lipinski definition) is 6. The van der Waals surface area contributed by atoms with Crippen molar-refractivity contribution in [1.29, 1.82) is 0 Å². The molecule has 0 aromatic carbocycles. The van der Waals surface area contributed by atoms with Gasteiger partial charge in [0.2, 0.25) is 5.88 Å². The number of ether oxygens (including phenoxy) is 1. The highest BCUT2D eigenvalue weighted by atomic mass is 16.7. The first-order valence-corrected chi connectivity index (χ1v) is 4.41. The second kappa shape index (κ2) is 4.96. The van der Waals surface area contributed by atoms with Crippen LogP contribution >= 0.6 is 0 Å². The molecule has 0 spiro atoms. The first-order chi connectivity index (χ1) is 7.97. The molecule has 0 saturated heterocycles. The molecule has 0 aliphatic rings. The Morgan fingerprint density at radius 3 is 2.65 bits per heavy atom. The number of nitro groups is 1. The Morgan fingerprint density at radius 2 is 2.24 bits per heavy atom. The van der Waals surface area contributed by atoms with Crippen LogP contribution in [-0.4, -0.2) is 28.8 Å². The number of furan rings is 1. The lowest BCUT2D eigenvalue weighted by Crippen LogP contribution is -2.35. The number of rotatable bonds is 3. The Kier molecular flexibility index (Phi) is 3.65. The Morgan fingerprint density at radius 1 is 1.59 bits per heavy atom. The quantitative estimate of drug-likeness (QED) is 0.635. The molecule has 9 heteroatoms. The van der Waals surface area contributed by atoms with Gasteiger partial charge in [-0.15, -0.1) is 4.90 Å². The topological polar surface area (TPSA) is 123 Å². The molecule has 17 heavy (non-hydrogen) atoms. The standard InChI is InChI=1S/C8H8N2O7/c1-2-16-8(13)9(7(11)12)5-3-4-6(17-5)10(14)15/h3-4H,2H2,1H3,(H,11,12). The van der Waals surface area contributed by atoms with E-state index in [9.17, 15) is 19.7 Å². The lowest BCUT2D eigenvalue weighted by Gasteiger charge is -2.12. The third-order valence-electron chi connectivity index (χ3n) is 1.62. The molecule has 2 amide bonds. The fraction of sp³-hybridized carbons (Fsp3) is 0.250. The van der Waals surface area contributed by atoms with Crippen LogP contribution in [0, 0.1) is 10.1 Å². The van der Waals surface area contributed by atoms with Crippen molar-refractivity contribution in [2.24, 2.45) is 0 Å². The average molecular weight is 244 g/mol. The molecule has 92 valence electrons. The first kappa shape index (κ1) is 12.5. The van der Waals surface area contributed by atoms with Gasteiger partial charge in [0.1, 0.15) is 4.92 Å². The van der Waals surface area contributed by atoms with Gasteiger partial charge in [0.15, 0.2) is 0 Å². The van der Waals surface area contributed by atoms with Crippen molar-refractivity contribution in [1.82, 2.24) is 0 Å². The van der Waals surface area contributed by atoms with Crippen LogP contribution in [-0.2, 0) is 4.74 Å². The Hall–Kier alpha value is -2.58. The smallest absolute Gasteiger partial charge is 0.434 e. The summed E-state index contributed by atoms with van der Waals surface area (Å²) in [5.41, 5.74) is 0. The van der Waals surface area contributed by atoms with Gasteiger partial charge in [-0.05, 0) is 6.92 Å². The summed E-state index contributed by atoms with van der Waals surface area (Å²) in [5, 5.41) is 19.1. The van der Waals surface area contributed by atoms with Crippen molar-refractivity contribution < 1.29 is 28.8 Å². The number of imide groups is 1. The molecule has 0 aliphatic heterocycles. The molecule has 1 heterocycles. The van der Waals surface area contributed by atoms with Gasteiger partial charge >= 0.3 is 18.1 Å². The van der Waals surface area contributed by atoms with Crippen molar-refractivity contribution in [2.75, 3.05) is 11.5 Å². The van der Waals surface area contributed by atoms with E-state index in [1.807, 2.05) is 0 Å². The Bertz CT molecular complexity index is 452. The minimum atomic E-state index is -1.66. The summed E-state index contributed by atoms with van der Waals surface area (Å²) in [6.07, 6.45) is -2.85. The van der Waals surface area contributed by atoms with Crippen molar-refractivity contribution in [3.63, 3.8) is 0 Å². The Balaban J connectivity index is 3.01. The highest BCUT2D eigenvalue weighted by Gasteiger charge is 2.29. The maximum Gasteiger partial charge on any atom is 0.434 e. The highest BCUT2D eigenvalue weighted by molar-refractivity contribution is 6.07. The van der Waals surface area contributed by atoms with Crippen LogP contribution in [0.15, 0.2) is 16.5 Å². The molecule has 0 bridgehead atoms. The molecule has 1 aromatic rings. The number of anilines is 1. The summed E-state index contributed by atoms with van der Waals surface area (Å²) in [4.78, 5) is 31.7. The van der Waals surface area contributed by atoms with E-state index >= 15 is 0 Å². The van der Waals surface area contributed by atoms with E-state index in [2.05, 4.69) is 9.15 Å². The fourth-order valence-corrected chi connectivity index (χ4v) is 0.986. The zero-order chi connectivity index (χ0) is 13.0. The van der Waals surface area contributed by atoms with Crippen molar-refractivity contribution >= 4 is 24.0 Å². The molecule has 1 rings (SSSR count). The monoisotopic (exact) mass is 244 g/mol. The summed E-state index contributed by atoms with van der Waals surface area (Å²) in [7, 11) is 0. The van der Waals surface area contributed by atoms with E-state index in [1.54, 1.807) is 0 Å². The Labute approximate surface area is 94.3 Å². The van der Waals surface area contributed by atoms with Gasteiger partial charge in [-0.25, -0.2) is 9.59 Å². The average Bonchev–Trinajstić information content (AvgIpc) is 2.66. The second-order valence-electron chi connectivity index (χ2n) is 2.69. The predicted molar refractivity (Wildman–Crippen MR) is 52.9 cm³/mol. The first-order valence-electron chi connectivity index (χ1n) is 4.41. The summed E-state index contributed by atoms with van der Waals surface area (Å²) >= 11 is 0. The molecule has 0 radical (unpaired) electrons. The summed E-state index contributed by atoms with van der Waals surface area (Å²) in [5.74, 6) is -1.17. The SMILES string of the molecule is CCOC(=O)N(C(=O)O)c1ccc([N+](=O)[O-])o1. The maximum atomic E-state index is 11.3. The highest BCUT2D eigenvalue weighted by Crippen LogP contribution is 2.24. The number of carbonyl (C=O) groups is 2. The number of carbonyl (C=O) groups excluding carboxylic acids is 1. The molecule has 1 N–H and O–H groups in total. The van der Waals surface area contributed by atoms with Crippen LogP contribution in [0.2, 0.25) is 0 Å². The van der Waals surface area contributed by atoms with Crippen LogP contribution < -0.4 is 4.90 Å². The maximum absolute atomic E-state index is 11.3. The molecule has 0 unspecified atom stereocenters. The van der Waals surface area contributed by atoms with Gasteiger partial charge in [-0.3, -0.25) is 10.1 Å². The molecular formula is C8H8N2O7. The zero-order valence-corrected chi connectivity index (χ0v) is 8.65. The molecule has 0 fully saturated rings. The summed E-state index contributed by atoms with van der Waals surface area (Å²) in [6, 6.07) is 1.92. The molecule has 1 aromatic heterocycles. The lowest BCUT2D eigenvalue weighted by atomic mass is 10.5. The summed E-state index contributed by atoms with van der Waals surface area (Å²) < 4.78 is 9.05. The van der Waals surface area contributed by atoms with Gasteiger partial charge in [0, 0.05) is 6.07 Å². The largest absolute Gasteiger partial charge is 0.464 e. The molecular weight excluding hydrogens is 236 g/mol. The molecule has 0 saturated carbocycles. The number of hydrogen-bond donors (Lipinski definition) is 1. The van der Waals surface area contributed by atoms with E-state index in [4.69, 9.17) is 5.11 Å². The van der Waals surface area contributed by atoms with Crippen LogP contribution in [0.4, 0.5) is 21.4 Å². The summed E-state index contributed by atoms with van der Waals surface area (Å²) in [6.45, 7) is 1.45. The number of amides is 2. The fourth-order valence-electron chi connectivity index (χ4n) is 0.986. The number of nitrogens with zero attached hydrogens (tertiary/aromatic N) is 2. The van der Waals surface area contributed by atoms with Gasteiger partial charge in [0.25, 0.3) is 0 Å². The minimum Gasteiger partial charge on any atom is -0.464 e. The van der Waals surface area contributed by atoms with Crippen molar-refractivity contribution in [2.45, 2.75) is 6.92 Å². The molecule has 0 atom stereocenters. The normalized spacial score (nSPS) is 9.71. The van der Waals surface area contributed by atoms with Crippen molar-refractivity contribution in [3.05, 3.63) is 22.2 Å². The van der Waals surface area contributed by atoms with E-state index in [0.29, 0.717) is 0 Å². The minimum absolute atomic E-state index is 0.0363. The van der Waals surface area contributed by atoms with Crippen LogP contribution in [0.5, 0.6) is 0 Å². The van der Waals surface area contributed by atoms with Crippen LogP contribution in [0.25, 0.3) is 0 Å². The lowest BCUT2D eigenvalue weighted by molar-refractivity contribution is -0.401. The zero-order valence-electron chi connectivity index (χ0n) is 8.65. The van der Waals surface area contributed by atoms with Gasteiger partial charge in [-0.1, -0.05) is 0 Å². The predicted octanol–water partition coefficient (Wildman–Crippen LogP) is 1.83.